The topological polar surface area (TPSA) is 9.23 Å². The molecule has 0 amide bonds. The van der Waals surface area contributed by atoms with Crippen LogP contribution in [0.2, 0.25) is 0 Å². The number of halogens is 4. The Labute approximate surface area is 364 Å². The maximum Gasteiger partial charge on any atom is 0.159 e. The van der Waals surface area contributed by atoms with Crippen LogP contribution < -0.4 is 0 Å². The van der Waals surface area contributed by atoms with Gasteiger partial charge in [-0.25, -0.2) is 17.6 Å². The van der Waals surface area contributed by atoms with Gasteiger partial charge in [0.1, 0.15) is 0 Å². The third kappa shape index (κ3) is 10.9. The number of ether oxygens (including phenoxy) is 1. The summed E-state index contributed by atoms with van der Waals surface area (Å²) >= 11 is 0. The van der Waals surface area contributed by atoms with Gasteiger partial charge in [-0.05, 0) is 182 Å². The highest BCUT2D eigenvalue weighted by Gasteiger charge is 2.39. The summed E-state index contributed by atoms with van der Waals surface area (Å²) in [5.41, 5.74) is 5.33. The Kier molecular flexibility index (Phi) is 15.1. The Morgan fingerprint density at radius 1 is 0.393 bits per heavy atom. The van der Waals surface area contributed by atoms with Crippen molar-refractivity contribution in [3.63, 3.8) is 0 Å². The molecule has 4 aliphatic carbocycles. The first-order valence-electron chi connectivity index (χ1n) is 24.5. The second-order valence-corrected chi connectivity index (χ2v) is 20.0. The van der Waals surface area contributed by atoms with E-state index in [1.54, 1.807) is 12.1 Å². The van der Waals surface area contributed by atoms with Crippen LogP contribution in [0, 0.1) is 70.6 Å². The van der Waals surface area contributed by atoms with Crippen molar-refractivity contribution < 1.29 is 22.3 Å². The molecule has 4 aliphatic rings. The zero-order valence-electron chi connectivity index (χ0n) is 36.9. The van der Waals surface area contributed by atoms with Crippen molar-refractivity contribution in [3.8, 4) is 22.3 Å². The summed E-state index contributed by atoms with van der Waals surface area (Å²) < 4.78 is 64.1. The molecule has 0 spiro atoms. The number of hydrogen-bond donors (Lipinski definition) is 0. The highest BCUT2D eigenvalue weighted by molar-refractivity contribution is 5.64. The zero-order valence-corrected chi connectivity index (χ0v) is 36.9. The molecule has 5 heteroatoms. The van der Waals surface area contributed by atoms with E-state index in [1.807, 2.05) is 24.3 Å². The van der Waals surface area contributed by atoms with Gasteiger partial charge in [-0.1, -0.05) is 126 Å². The second kappa shape index (κ2) is 20.8. The minimum atomic E-state index is -0.837. The summed E-state index contributed by atoms with van der Waals surface area (Å²) in [7, 11) is 0. The van der Waals surface area contributed by atoms with Crippen LogP contribution in [0.1, 0.15) is 166 Å². The van der Waals surface area contributed by atoms with Gasteiger partial charge in [0.2, 0.25) is 0 Å². The van der Waals surface area contributed by atoms with Crippen molar-refractivity contribution in [1.29, 1.82) is 0 Å². The minimum Gasteiger partial charge on any atom is -0.365 e. The van der Waals surface area contributed by atoms with Crippen molar-refractivity contribution >= 4 is 0 Å². The normalized spacial score (nSPS) is 28.3. The van der Waals surface area contributed by atoms with E-state index in [1.165, 1.54) is 127 Å². The van der Waals surface area contributed by atoms with E-state index in [2.05, 4.69) is 38.1 Å². The monoisotopic (exact) mass is 835 g/mol. The van der Waals surface area contributed by atoms with Crippen LogP contribution in [0.3, 0.4) is 0 Å². The number of benzene rings is 4. The lowest BCUT2D eigenvalue weighted by Gasteiger charge is -2.43. The van der Waals surface area contributed by atoms with Crippen LogP contribution in [0.25, 0.3) is 22.3 Å². The van der Waals surface area contributed by atoms with Crippen LogP contribution in [0.15, 0.2) is 84.9 Å². The molecule has 1 nitrogen and oxygen atoms in total. The smallest absolute Gasteiger partial charge is 0.159 e. The second-order valence-electron chi connectivity index (χ2n) is 20.0. The minimum absolute atomic E-state index is 0.109. The summed E-state index contributed by atoms with van der Waals surface area (Å²) in [6.45, 7) is 4.64. The van der Waals surface area contributed by atoms with Gasteiger partial charge in [-0.15, -0.1) is 0 Å². The number of hydrogen-bond acceptors (Lipinski definition) is 1. The molecule has 61 heavy (non-hydrogen) atoms. The molecule has 0 aromatic heterocycles. The average molecular weight is 835 g/mol. The molecular formula is C56H70F4O. The maximum absolute atomic E-state index is 14.3. The Morgan fingerprint density at radius 3 is 1.02 bits per heavy atom. The van der Waals surface area contributed by atoms with E-state index in [-0.39, 0.29) is 12.2 Å². The molecule has 2 atom stereocenters. The fourth-order valence-electron chi connectivity index (χ4n) is 12.7. The third-order valence-corrected chi connectivity index (χ3v) is 16.3. The van der Waals surface area contributed by atoms with Gasteiger partial charge in [0, 0.05) is 0 Å². The Balaban J connectivity index is 1.06. The summed E-state index contributed by atoms with van der Waals surface area (Å²) in [5, 5.41) is 0. The van der Waals surface area contributed by atoms with Crippen LogP contribution in [-0.4, -0.2) is 0 Å². The zero-order chi connectivity index (χ0) is 42.3. The highest BCUT2D eigenvalue weighted by atomic mass is 19.2. The van der Waals surface area contributed by atoms with Crippen LogP contribution >= 0.6 is 0 Å². The lowest BCUT2D eigenvalue weighted by molar-refractivity contribution is -0.0934. The van der Waals surface area contributed by atoms with Gasteiger partial charge in [0.15, 0.2) is 23.3 Å². The van der Waals surface area contributed by atoms with Gasteiger partial charge in [0.25, 0.3) is 0 Å². The van der Waals surface area contributed by atoms with E-state index in [4.69, 9.17) is 4.74 Å². The fraction of sp³-hybridized carbons (Fsp3) is 0.571. The van der Waals surface area contributed by atoms with E-state index < -0.39 is 23.3 Å². The largest absolute Gasteiger partial charge is 0.365 e. The molecule has 4 fully saturated rings. The lowest BCUT2D eigenvalue weighted by Crippen LogP contribution is -2.31. The third-order valence-electron chi connectivity index (χ3n) is 16.3. The van der Waals surface area contributed by atoms with Crippen LogP contribution in [0.5, 0.6) is 0 Å². The molecule has 4 aromatic carbocycles. The Bertz CT molecular complexity index is 1820. The van der Waals surface area contributed by atoms with E-state index in [0.29, 0.717) is 23.0 Å². The summed E-state index contributed by atoms with van der Waals surface area (Å²) in [5.74, 6) is 2.53. The van der Waals surface area contributed by atoms with Gasteiger partial charge in [0.05, 0.1) is 12.2 Å². The number of rotatable bonds is 14. The lowest BCUT2D eigenvalue weighted by atomic mass is 9.67. The average Bonchev–Trinajstić information content (AvgIpc) is 3.30. The van der Waals surface area contributed by atoms with Gasteiger partial charge < -0.3 is 4.74 Å². The SMILES string of the molecule is CCCC1CCC(C2CCC(C(OC(c3ccc(-c4ccc(F)c(F)c4)cc3)C3CCC(C4CCC(CCC)CC4)CC3)c3ccc(-c4ccc(F)c(F)c4)cc3)CC2)CC1. The van der Waals surface area contributed by atoms with Crippen molar-refractivity contribution in [2.45, 2.75) is 154 Å². The first-order chi connectivity index (χ1) is 29.8. The van der Waals surface area contributed by atoms with Gasteiger partial charge in [-0.3, -0.25) is 0 Å². The molecule has 0 heterocycles. The predicted octanol–water partition coefficient (Wildman–Crippen LogP) is 17.2. The molecule has 328 valence electrons. The quantitative estimate of drug-likeness (QED) is 0.115. The fourth-order valence-corrected chi connectivity index (χ4v) is 12.7. The summed E-state index contributed by atoms with van der Waals surface area (Å²) in [6, 6.07) is 25.1. The van der Waals surface area contributed by atoms with Crippen LogP contribution in [-0.2, 0) is 4.74 Å². The standard InChI is InChI=1S/C56H70F4O/c1-3-5-37-7-11-39(12-8-37)41-15-23-45(24-16-41)55(47-27-19-43(20-28-47)49-31-33-51(57)53(59)35-49)61-56(48-29-21-44(22-30-48)50-32-34-52(58)54(60)36-50)46-25-17-42(18-26-46)40-13-9-38(6-4-2)10-14-40/h19-22,27-42,45-46,55-56H,3-18,23-26H2,1-2H3. The van der Waals surface area contributed by atoms with Gasteiger partial charge >= 0.3 is 0 Å². The molecule has 4 aromatic rings. The molecule has 0 radical (unpaired) electrons. The van der Waals surface area contributed by atoms with E-state index in [0.717, 1.165) is 83.4 Å². The molecule has 2 unspecified atom stereocenters. The molecule has 0 aliphatic heterocycles. The van der Waals surface area contributed by atoms with Gasteiger partial charge in [-0.2, -0.15) is 0 Å². The Morgan fingerprint density at radius 2 is 0.705 bits per heavy atom. The van der Waals surface area contributed by atoms with Crippen molar-refractivity contribution in [2.75, 3.05) is 0 Å². The molecule has 8 rings (SSSR count). The first kappa shape index (κ1) is 44.2. The first-order valence-corrected chi connectivity index (χ1v) is 24.5. The molecule has 0 N–H and O–H groups in total. The summed E-state index contributed by atoms with van der Waals surface area (Å²) in [6.07, 6.45) is 25.8. The highest BCUT2D eigenvalue weighted by Crippen LogP contribution is 2.51. The predicted molar refractivity (Wildman–Crippen MR) is 242 cm³/mol. The van der Waals surface area contributed by atoms with Crippen molar-refractivity contribution in [3.05, 3.63) is 119 Å². The molecule has 4 saturated carbocycles. The summed E-state index contributed by atoms with van der Waals surface area (Å²) in [4.78, 5) is 0. The van der Waals surface area contributed by atoms with Crippen LogP contribution in [0.4, 0.5) is 17.6 Å². The van der Waals surface area contributed by atoms with E-state index >= 15 is 0 Å². The van der Waals surface area contributed by atoms with Crippen molar-refractivity contribution in [2.24, 2.45) is 47.3 Å². The Hall–Kier alpha value is -3.44. The maximum atomic E-state index is 14.3. The van der Waals surface area contributed by atoms with Crippen molar-refractivity contribution in [1.82, 2.24) is 0 Å². The van der Waals surface area contributed by atoms with E-state index in [9.17, 15) is 17.6 Å². The molecule has 0 saturated heterocycles. The molecular weight excluding hydrogens is 765 g/mol. The molecule has 0 bridgehead atoms.